The van der Waals surface area contributed by atoms with Gasteiger partial charge in [0, 0.05) is 10.9 Å². The molecule has 0 bridgehead atoms. The fraction of sp³-hybridized carbons (Fsp3) is 0.444. The maximum atomic E-state index is 12.4. The molecule has 3 rings (SSSR count). The molecule has 1 atom stereocenters. The summed E-state index contributed by atoms with van der Waals surface area (Å²) in [5, 5.41) is 14.3. The number of carbonyl (C=O) groups excluding carboxylic acids is 1. The van der Waals surface area contributed by atoms with Crippen LogP contribution in [0.1, 0.15) is 48.1 Å². The number of aromatic nitrogens is 1. The Hall–Kier alpha value is -2.28. The van der Waals surface area contributed by atoms with Crippen LogP contribution in [0, 0.1) is 21.4 Å². The molecule has 0 fully saturated rings. The second-order valence-electron chi connectivity index (χ2n) is 7.42. The van der Waals surface area contributed by atoms with Crippen LogP contribution in [0.2, 0.25) is 0 Å². The summed E-state index contributed by atoms with van der Waals surface area (Å²) in [6, 6.07) is 5.94. The highest BCUT2D eigenvalue weighted by Crippen LogP contribution is 2.40. The van der Waals surface area contributed by atoms with Crippen LogP contribution in [-0.2, 0) is 12.8 Å². The zero-order chi connectivity index (χ0) is 18.2. The number of rotatable bonds is 3. The first-order valence-electron chi connectivity index (χ1n) is 8.29. The van der Waals surface area contributed by atoms with Crippen LogP contribution in [-0.4, -0.2) is 15.8 Å². The van der Waals surface area contributed by atoms with Gasteiger partial charge in [-0.15, -0.1) is 11.3 Å². The Balaban J connectivity index is 1.79. The van der Waals surface area contributed by atoms with Gasteiger partial charge in [-0.1, -0.05) is 32.9 Å². The van der Waals surface area contributed by atoms with Crippen LogP contribution in [0.4, 0.5) is 10.8 Å². The molecule has 1 N–H and O–H groups in total. The third-order valence-electron chi connectivity index (χ3n) is 4.73. The largest absolute Gasteiger partial charge is 0.298 e. The number of nitro benzene ring substituents is 1. The maximum Gasteiger partial charge on any atom is 0.282 e. The van der Waals surface area contributed by atoms with Gasteiger partial charge in [0.05, 0.1) is 10.6 Å². The van der Waals surface area contributed by atoms with E-state index < -0.39 is 10.8 Å². The van der Waals surface area contributed by atoms with E-state index in [0.717, 1.165) is 25.0 Å². The molecule has 0 saturated carbocycles. The Morgan fingerprint density at radius 1 is 1.36 bits per heavy atom. The fourth-order valence-electron chi connectivity index (χ4n) is 3.16. The molecule has 1 aliphatic carbocycles. The highest BCUT2D eigenvalue weighted by molar-refractivity contribution is 7.15. The van der Waals surface area contributed by atoms with Crippen molar-refractivity contribution in [2.45, 2.75) is 40.0 Å². The van der Waals surface area contributed by atoms with Gasteiger partial charge in [-0.25, -0.2) is 4.98 Å². The minimum Gasteiger partial charge on any atom is -0.298 e. The molecule has 132 valence electrons. The Labute approximate surface area is 150 Å². The first-order chi connectivity index (χ1) is 11.8. The Morgan fingerprint density at radius 3 is 2.76 bits per heavy atom. The molecule has 1 heterocycles. The van der Waals surface area contributed by atoms with Gasteiger partial charge >= 0.3 is 0 Å². The maximum absolute atomic E-state index is 12.4. The summed E-state index contributed by atoms with van der Waals surface area (Å²) in [5.74, 6) is 0.102. The van der Waals surface area contributed by atoms with Crippen molar-refractivity contribution in [3.05, 3.63) is 50.5 Å². The zero-order valence-electron chi connectivity index (χ0n) is 14.5. The molecule has 0 saturated heterocycles. The Kier molecular flexibility index (Phi) is 4.60. The Bertz CT molecular complexity index is 823. The van der Waals surface area contributed by atoms with E-state index in [1.807, 2.05) is 0 Å². The number of nitrogens with zero attached hydrogens (tertiary/aromatic N) is 2. The predicted molar refractivity (Wildman–Crippen MR) is 98.1 cm³/mol. The third-order valence-corrected chi connectivity index (χ3v) is 5.77. The Morgan fingerprint density at radius 2 is 2.08 bits per heavy atom. The third kappa shape index (κ3) is 3.71. The van der Waals surface area contributed by atoms with Gasteiger partial charge < -0.3 is 0 Å². The normalized spacial score (nSPS) is 17.0. The molecular formula is C18H21N3O3S. The number of aryl methyl sites for hydroxylation is 1. The topological polar surface area (TPSA) is 85.1 Å². The molecule has 2 aromatic rings. The zero-order valence-corrected chi connectivity index (χ0v) is 15.4. The molecular weight excluding hydrogens is 338 g/mol. The molecule has 1 aliphatic rings. The molecule has 7 heteroatoms. The van der Waals surface area contributed by atoms with E-state index in [2.05, 4.69) is 31.1 Å². The summed E-state index contributed by atoms with van der Waals surface area (Å²) in [7, 11) is 0. The lowest BCUT2D eigenvalue weighted by Crippen LogP contribution is -2.26. The molecule has 1 aromatic carbocycles. The number of nitro groups is 1. The molecule has 6 nitrogen and oxygen atoms in total. The second kappa shape index (κ2) is 6.55. The van der Waals surface area contributed by atoms with Crippen LogP contribution in [0.15, 0.2) is 24.3 Å². The lowest BCUT2D eigenvalue weighted by molar-refractivity contribution is -0.385. The minimum atomic E-state index is -0.546. The van der Waals surface area contributed by atoms with E-state index in [9.17, 15) is 14.9 Å². The molecule has 0 unspecified atom stereocenters. The fourth-order valence-corrected chi connectivity index (χ4v) is 4.24. The standard InChI is InChI=1S/C18H21N3O3S/c1-18(2,3)11-8-9-13-15(10-11)25-17(19-13)20-16(22)12-6-4-5-7-14(12)21(23)24/h4-7,11H,8-10H2,1-3H3,(H,19,20,22)/t11-/m0/s1. The van der Waals surface area contributed by atoms with Crippen LogP contribution in [0.3, 0.4) is 0 Å². The summed E-state index contributed by atoms with van der Waals surface area (Å²) in [6.45, 7) is 6.75. The molecule has 0 aliphatic heterocycles. The van der Waals surface area contributed by atoms with Crippen LogP contribution in [0.5, 0.6) is 0 Å². The van der Waals surface area contributed by atoms with Crippen LogP contribution < -0.4 is 5.32 Å². The van der Waals surface area contributed by atoms with Gasteiger partial charge in [0.15, 0.2) is 5.13 Å². The quantitative estimate of drug-likeness (QED) is 0.648. The molecule has 25 heavy (non-hydrogen) atoms. The minimum absolute atomic E-state index is 0.0493. The lowest BCUT2D eigenvalue weighted by Gasteiger charge is -2.33. The summed E-state index contributed by atoms with van der Waals surface area (Å²) in [5.41, 5.74) is 1.14. The lowest BCUT2D eigenvalue weighted by atomic mass is 9.73. The number of anilines is 1. The van der Waals surface area contributed by atoms with Crippen molar-refractivity contribution in [1.82, 2.24) is 4.98 Å². The van der Waals surface area contributed by atoms with Crippen molar-refractivity contribution in [2.24, 2.45) is 11.3 Å². The van der Waals surface area contributed by atoms with E-state index in [4.69, 9.17) is 0 Å². The van der Waals surface area contributed by atoms with Crippen LogP contribution >= 0.6 is 11.3 Å². The van der Waals surface area contributed by atoms with Gasteiger partial charge in [-0.2, -0.15) is 0 Å². The van der Waals surface area contributed by atoms with Gasteiger partial charge in [0.2, 0.25) is 0 Å². The average molecular weight is 359 g/mol. The number of hydrogen-bond donors (Lipinski definition) is 1. The van der Waals surface area contributed by atoms with Gasteiger partial charge in [-0.3, -0.25) is 20.2 Å². The highest BCUT2D eigenvalue weighted by atomic mass is 32.1. The van der Waals surface area contributed by atoms with Gasteiger partial charge in [-0.05, 0) is 36.7 Å². The summed E-state index contributed by atoms with van der Waals surface area (Å²) < 4.78 is 0. The highest BCUT2D eigenvalue weighted by Gasteiger charge is 2.31. The SMILES string of the molecule is CC(C)(C)[C@H]1CCc2nc(NC(=O)c3ccccc3[N+](=O)[O-])sc2C1. The summed E-state index contributed by atoms with van der Waals surface area (Å²) in [4.78, 5) is 28.7. The number of carbonyl (C=O) groups is 1. The monoisotopic (exact) mass is 359 g/mol. The smallest absolute Gasteiger partial charge is 0.282 e. The first-order valence-corrected chi connectivity index (χ1v) is 9.10. The van der Waals surface area contributed by atoms with Crippen LogP contribution in [0.25, 0.3) is 0 Å². The molecule has 1 aromatic heterocycles. The van der Waals surface area contributed by atoms with Crippen molar-refractivity contribution < 1.29 is 9.72 Å². The number of fused-ring (bicyclic) bond motifs is 1. The summed E-state index contributed by atoms with van der Waals surface area (Å²) >= 11 is 1.48. The van der Waals surface area contributed by atoms with E-state index >= 15 is 0 Å². The predicted octanol–water partition coefficient (Wildman–Crippen LogP) is 4.45. The average Bonchev–Trinajstić information content (AvgIpc) is 2.95. The number of benzene rings is 1. The van der Waals surface area contributed by atoms with Crippen molar-refractivity contribution in [2.75, 3.05) is 5.32 Å². The van der Waals surface area contributed by atoms with Gasteiger partial charge in [0.1, 0.15) is 5.56 Å². The summed E-state index contributed by atoms with van der Waals surface area (Å²) in [6.07, 6.45) is 2.98. The number of thiazole rings is 1. The second-order valence-corrected chi connectivity index (χ2v) is 8.51. The van der Waals surface area contributed by atoms with Crippen molar-refractivity contribution in [3.63, 3.8) is 0 Å². The first kappa shape index (κ1) is 17.5. The van der Waals surface area contributed by atoms with Crippen molar-refractivity contribution in [3.8, 4) is 0 Å². The number of nitrogens with one attached hydrogen (secondary N) is 1. The molecule has 0 spiro atoms. The van der Waals surface area contributed by atoms with E-state index in [0.29, 0.717) is 11.0 Å². The van der Waals surface area contributed by atoms with E-state index in [1.54, 1.807) is 12.1 Å². The molecule has 0 radical (unpaired) electrons. The van der Waals surface area contributed by atoms with Gasteiger partial charge in [0.25, 0.3) is 11.6 Å². The van der Waals surface area contributed by atoms with E-state index in [1.165, 1.54) is 28.3 Å². The number of para-hydroxylation sites is 1. The van der Waals surface area contributed by atoms with Crippen molar-refractivity contribution in [1.29, 1.82) is 0 Å². The number of amides is 1. The molecule has 1 amide bonds. The van der Waals surface area contributed by atoms with E-state index in [-0.39, 0.29) is 16.7 Å². The van der Waals surface area contributed by atoms with Crippen molar-refractivity contribution >= 4 is 28.1 Å². The number of hydrogen-bond acceptors (Lipinski definition) is 5.